The quantitative estimate of drug-likeness (QED) is 0.491. The third-order valence-corrected chi connectivity index (χ3v) is 2.93. The van der Waals surface area contributed by atoms with Gasteiger partial charge in [0.25, 0.3) is 0 Å². The van der Waals surface area contributed by atoms with Crippen LogP contribution in [0.2, 0.25) is 0 Å². The van der Waals surface area contributed by atoms with Crippen LogP contribution in [0.15, 0.2) is 0 Å². The van der Waals surface area contributed by atoms with Gasteiger partial charge in [-0.1, -0.05) is 6.42 Å². The highest BCUT2D eigenvalue weighted by molar-refractivity contribution is 6.03. The predicted molar refractivity (Wildman–Crippen MR) is 40.1 cm³/mol. The molecule has 2 nitrogen and oxygen atoms in total. The molecule has 2 aliphatic rings. The number of Topliss-reactive ketones (excluding diaryl/α,β-unsaturated/α-hetero) is 2. The molecule has 2 fully saturated rings. The summed E-state index contributed by atoms with van der Waals surface area (Å²) in [4.78, 5) is 22.4. The summed E-state index contributed by atoms with van der Waals surface area (Å²) in [5, 5.41) is 0. The molecule has 2 atom stereocenters. The summed E-state index contributed by atoms with van der Waals surface area (Å²) in [5.74, 6) is 0.884. The number of ketones is 2. The van der Waals surface area contributed by atoms with Crippen molar-refractivity contribution in [1.29, 1.82) is 0 Å². The molecule has 2 rings (SSSR count). The number of carbonyl (C=O) groups is 2. The van der Waals surface area contributed by atoms with Gasteiger partial charge in [-0.15, -0.1) is 0 Å². The van der Waals surface area contributed by atoms with Crippen LogP contribution < -0.4 is 0 Å². The van der Waals surface area contributed by atoms with Crippen molar-refractivity contribution in [2.45, 2.75) is 32.1 Å². The van der Waals surface area contributed by atoms with E-state index in [1.54, 1.807) is 0 Å². The summed E-state index contributed by atoms with van der Waals surface area (Å²) in [6, 6.07) is 0. The first-order chi connectivity index (χ1) is 5.27. The molecule has 0 N–H and O–H groups in total. The number of hydrogen-bond acceptors (Lipinski definition) is 2. The van der Waals surface area contributed by atoms with Gasteiger partial charge in [-0.2, -0.15) is 0 Å². The second-order valence-electron chi connectivity index (χ2n) is 3.67. The van der Waals surface area contributed by atoms with Crippen molar-refractivity contribution in [2.75, 3.05) is 0 Å². The van der Waals surface area contributed by atoms with E-state index in [2.05, 4.69) is 0 Å². The highest BCUT2D eigenvalue weighted by atomic mass is 16.1. The molecule has 0 amide bonds. The molecule has 0 aliphatic heterocycles. The molecule has 2 bridgehead atoms. The Bertz CT molecular complexity index is 188. The minimum Gasteiger partial charge on any atom is -0.299 e. The molecule has 2 aliphatic carbocycles. The molecular formula is C9H12O2. The first-order valence-electron chi connectivity index (χ1n) is 4.33. The van der Waals surface area contributed by atoms with Gasteiger partial charge in [0.2, 0.25) is 0 Å². The topological polar surface area (TPSA) is 34.1 Å². The summed E-state index contributed by atoms with van der Waals surface area (Å²) in [6.45, 7) is 0. The van der Waals surface area contributed by atoms with Crippen molar-refractivity contribution in [3.63, 3.8) is 0 Å². The lowest BCUT2D eigenvalue weighted by molar-refractivity contribution is -0.137. The Morgan fingerprint density at radius 1 is 1.00 bits per heavy atom. The van der Waals surface area contributed by atoms with Crippen molar-refractivity contribution in [1.82, 2.24) is 0 Å². The van der Waals surface area contributed by atoms with Crippen molar-refractivity contribution in [3.8, 4) is 0 Å². The maximum atomic E-state index is 11.2. The fourth-order valence-corrected chi connectivity index (χ4v) is 2.24. The maximum Gasteiger partial charge on any atom is 0.143 e. The Labute approximate surface area is 66.0 Å². The van der Waals surface area contributed by atoms with Crippen molar-refractivity contribution >= 4 is 11.6 Å². The highest BCUT2D eigenvalue weighted by Crippen LogP contribution is 2.35. The minimum absolute atomic E-state index is 0.200. The van der Waals surface area contributed by atoms with Crippen molar-refractivity contribution in [3.05, 3.63) is 0 Å². The lowest BCUT2D eigenvalue weighted by Gasteiger charge is -2.31. The third-order valence-electron chi connectivity index (χ3n) is 2.93. The van der Waals surface area contributed by atoms with Gasteiger partial charge in [-0.05, 0) is 19.3 Å². The van der Waals surface area contributed by atoms with Crippen LogP contribution in [-0.4, -0.2) is 11.6 Å². The Morgan fingerprint density at radius 3 is 2.09 bits per heavy atom. The van der Waals surface area contributed by atoms with Crippen molar-refractivity contribution in [2.24, 2.45) is 11.8 Å². The van der Waals surface area contributed by atoms with Crippen LogP contribution in [0, 0.1) is 11.8 Å². The number of carbonyl (C=O) groups excluding carboxylic acids is 2. The van der Waals surface area contributed by atoms with Gasteiger partial charge >= 0.3 is 0 Å². The zero-order chi connectivity index (χ0) is 7.84. The van der Waals surface area contributed by atoms with Crippen LogP contribution >= 0.6 is 0 Å². The van der Waals surface area contributed by atoms with Crippen LogP contribution in [0.25, 0.3) is 0 Å². The summed E-state index contributed by atoms with van der Waals surface area (Å²) in [6.07, 6.45) is 4.23. The van der Waals surface area contributed by atoms with Crippen molar-refractivity contribution < 1.29 is 9.59 Å². The zero-order valence-electron chi connectivity index (χ0n) is 6.51. The molecular weight excluding hydrogens is 140 g/mol. The summed E-state index contributed by atoms with van der Waals surface area (Å²) < 4.78 is 0. The van der Waals surface area contributed by atoms with E-state index in [9.17, 15) is 9.59 Å². The largest absolute Gasteiger partial charge is 0.299 e. The summed E-state index contributed by atoms with van der Waals surface area (Å²) in [7, 11) is 0. The molecule has 2 saturated carbocycles. The van der Waals surface area contributed by atoms with E-state index >= 15 is 0 Å². The average Bonchev–Trinajstić information content (AvgIpc) is 2.02. The Balaban J connectivity index is 2.17. The van der Waals surface area contributed by atoms with Crippen LogP contribution in [0.3, 0.4) is 0 Å². The van der Waals surface area contributed by atoms with Gasteiger partial charge in [0.1, 0.15) is 11.6 Å². The molecule has 0 saturated heterocycles. The second-order valence-corrected chi connectivity index (χ2v) is 3.67. The van der Waals surface area contributed by atoms with E-state index in [1.165, 1.54) is 0 Å². The third kappa shape index (κ3) is 1.10. The standard InChI is InChI=1S/C9H12O2/c10-8-5-9(11)7-3-1-2-6(8)4-7/h6-7H,1-5H2/t6-,7+. The molecule has 0 unspecified atom stereocenters. The highest BCUT2D eigenvalue weighted by Gasteiger charge is 2.36. The van der Waals surface area contributed by atoms with Crippen LogP contribution in [-0.2, 0) is 9.59 Å². The minimum atomic E-state index is 0.200. The fourth-order valence-electron chi connectivity index (χ4n) is 2.24. The molecule has 0 radical (unpaired) electrons. The van der Waals surface area contributed by atoms with Crippen LogP contribution in [0.4, 0.5) is 0 Å². The molecule has 0 spiro atoms. The lowest BCUT2D eigenvalue weighted by Crippen LogP contribution is -2.35. The number of hydrogen-bond donors (Lipinski definition) is 0. The van der Waals surface area contributed by atoms with E-state index in [0.717, 1.165) is 25.7 Å². The predicted octanol–water partition coefficient (Wildman–Crippen LogP) is 1.33. The normalized spacial score (nSPS) is 37.5. The van der Waals surface area contributed by atoms with E-state index in [1.807, 2.05) is 0 Å². The van der Waals surface area contributed by atoms with Gasteiger partial charge in [0.05, 0.1) is 6.42 Å². The summed E-state index contributed by atoms with van der Waals surface area (Å²) >= 11 is 0. The molecule has 60 valence electrons. The van der Waals surface area contributed by atoms with Crippen LogP contribution in [0.1, 0.15) is 32.1 Å². The van der Waals surface area contributed by atoms with Gasteiger partial charge < -0.3 is 0 Å². The van der Waals surface area contributed by atoms with Gasteiger partial charge in [0.15, 0.2) is 0 Å². The molecule has 0 aromatic carbocycles. The van der Waals surface area contributed by atoms with Gasteiger partial charge in [-0.3, -0.25) is 9.59 Å². The van der Waals surface area contributed by atoms with Crippen LogP contribution in [0.5, 0.6) is 0 Å². The summed E-state index contributed by atoms with van der Waals surface area (Å²) in [5.41, 5.74) is 0. The van der Waals surface area contributed by atoms with Gasteiger partial charge in [-0.25, -0.2) is 0 Å². The molecule has 11 heavy (non-hydrogen) atoms. The van der Waals surface area contributed by atoms with E-state index < -0.39 is 0 Å². The Morgan fingerprint density at radius 2 is 1.55 bits per heavy atom. The number of fused-ring (bicyclic) bond motifs is 2. The Kier molecular flexibility index (Phi) is 1.55. The second kappa shape index (κ2) is 2.43. The molecule has 0 aromatic heterocycles. The first-order valence-corrected chi connectivity index (χ1v) is 4.33. The number of rotatable bonds is 0. The smallest absolute Gasteiger partial charge is 0.143 e. The maximum absolute atomic E-state index is 11.2. The van der Waals surface area contributed by atoms with E-state index in [0.29, 0.717) is 0 Å². The molecule has 0 heterocycles. The molecule has 2 heteroatoms. The van der Waals surface area contributed by atoms with Gasteiger partial charge in [0, 0.05) is 11.8 Å². The van der Waals surface area contributed by atoms with E-state index in [-0.39, 0.29) is 29.8 Å². The SMILES string of the molecule is O=C1CC(=O)[C@H]2CCC[C@@H]1C2. The first kappa shape index (κ1) is 7.01. The zero-order valence-corrected chi connectivity index (χ0v) is 6.51. The monoisotopic (exact) mass is 152 g/mol. The lowest BCUT2D eigenvalue weighted by atomic mass is 9.71. The molecule has 0 aromatic rings. The average molecular weight is 152 g/mol. The fraction of sp³-hybridized carbons (Fsp3) is 0.778. The Hall–Kier alpha value is -0.660. The van der Waals surface area contributed by atoms with E-state index in [4.69, 9.17) is 0 Å².